The summed E-state index contributed by atoms with van der Waals surface area (Å²) in [6.07, 6.45) is 1.39. The normalized spacial score (nSPS) is 9.86. The van der Waals surface area contributed by atoms with Gasteiger partial charge >= 0.3 is 5.97 Å². The number of esters is 1. The molecule has 7 heteroatoms. The van der Waals surface area contributed by atoms with E-state index in [-0.39, 0.29) is 17.7 Å². The van der Waals surface area contributed by atoms with E-state index < -0.39 is 0 Å². The fourth-order valence-electron chi connectivity index (χ4n) is 0.652. The maximum atomic E-state index is 10.8. The quantitative estimate of drug-likeness (QED) is 0.476. The Morgan fingerprint density at radius 3 is 3.14 bits per heavy atom. The van der Waals surface area contributed by atoms with Crippen LogP contribution in [0.3, 0.4) is 0 Å². The molecule has 76 valence electrons. The maximum absolute atomic E-state index is 10.8. The van der Waals surface area contributed by atoms with Crippen molar-refractivity contribution in [3.05, 3.63) is 11.2 Å². The number of carbonyl (C=O) groups excluding carboxylic acids is 1. The second kappa shape index (κ2) is 5.02. The van der Waals surface area contributed by atoms with Gasteiger partial charge in [-0.3, -0.25) is 4.79 Å². The fraction of sp³-hybridized carbons (Fsp3) is 0.286. The highest BCUT2D eigenvalue weighted by Gasteiger charge is 2.07. The molecule has 0 aromatic carbocycles. The van der Waals surface area contributed by atoms with Crippen molar-refractivity contribution in [3.63, 3.8) is 0 Å². The summed E-state index contributed by atoms with van der Waals surface area (Å²) in [4.78, 5) is 18.4. The smallest absolute Gasteiger partial charge is 0.316 e. The Kier molecular flexibility index (Phi) is 3.97. The Bertz CT molecular complexity index is 348. The number of ether oxygens (including phenoxy) is 1. The lowest BCUT2D eigenvalue weighted by atomic mass is 10.7. The van der Waals surface area contributed by atoms with Gasteiger partial charge in [0.05, 0.1) is 24.1 Å². The van der Waals surface area contributed by atoms with Gasteiger partial charge in [-0.1, -0.05) is 23.4 Å². The van der Waals surface area contributed by atoms with Crippen LogP contribution in [0.5, 0.6) is 0 Å². The molecule has 0 radical (unpaired) electrons. The van der Waals surface area contributed by atoms with E-state index in [1.165, 1.54) is 13.3 Å². The number of rotatable bonds is 3. The molecule has 0 aliphatic carbocycles. The number of nitrogen functional groups attached to an aromatic ring is 1. The zero-order valence-corrected chi connectivity index (χ0v) is 8.93. The molecule has 0 atom stereocenters. The lowest BCUT2D eigenvalue weighted by Gasteiger charge is -2.02. The second-order valence-electron chi connectivity index (χ2n) is 2.25. The van der Waals surface area contributed by atoms with E-state index >= 15 is 0 Å². The number of nitrogens with two attached hydrogens (primary N) is 1. The number of aromatic nitrogens is 2. The van der Waals surface area contributed by atoms with Crippen LogP contribution in [0.2, 0.25) is 5.02 Å². The molecule has 1 aromatic heterocycles. The van der Waals surface area contributed by atoms with E-state index in [0.29, 0.717) is 10.0 Å². The van der Waals surface area contributed by atoms with Gasteiger partial charge in [0.15, 0.2) is 0 Å². The summed E-state index contributed by atoms with van der Waals surface area (Å²) in [6.45, 7) is 0. The van der Waals surface area contributed by atoms with Crippen molar-refractivity contribution in [1.82, 2.24) is 9.97 Å². The van der Waals surface area contributed by atoms with Gasteiger partial charge < -0.3 is 10.5 Å². The van der Waals surface area contributed by atoms with E-state index in [2.05, 4.69) is 14.7 Å². The summed E-state index contributed by atoms with van der Waals surface area (Å²) in [5.74, 6) is -0.0721. The Balaban J connectivity index is 2.66. The molecule has 0 unspecified atom stereocenters. The minimum Gasteiger partial charge on any atom is -0.468 e. The fourth-order valence-corrected chi connectivity index (χ4v) is 1.63. The molecule has 0 fully saturated rings. The summed E-state index contributed by atoms with van der Waals surface area (Å²) >= 11 is 6.93. The summed E-state index contributed by atoms with van der Waals surface area (Å²) in [6, 6.07) is 0. The van der Waals surface area contributed by atoms with Crippen molar-refractivity contribution in [2.24, 2.45) is 0 Å². The number of hydrogen-bond donors (Lipinski definition) is 1. The van der Waals surface area contributed by atoms with Crippen molar-refractivity contribution >= 4 is 35.3 Å². The molecule has 0 saturated heterocycles. The van der Waals surface area contributed by atoms with Gasteiger partial charge in [-0.05, 0) is 0 Å². The number of halogens is 1. The lowest BCUT2D eigenvalue weighted by Crippen LogP contribution is -2.04. The van der Waals surface area contributed by atoms with Crippen LogP contribution in [0.1, 0.15) is 0 Å². The molecule has 1 heterocycles. The molecule has 0 aliphatic heterocycles. The Morgan fingerprint density at radius 1 is 1.79 bits per heavy atom. The van der Waals surface area contributed by atoms with Crippen LogP contribution in [0, 0.1) is 0 Å². The zero-order chi connectivity index (χ0) is 10.6. The molecule has 0 bridgehead atoms. The molecule has 0 saturated carbocycles. The third-order valence-corrected chi connectivity index (χ3v) is 2.64. The summed E-state index contributed by atoms with van der Waals surface area (Å²) in [5, 5.41) is 0.845. The summed E-state index contributed by atoms with van der Waals surface area (Å²) < 4.78 is 4.46. The first-order valence-corrected chi connectivity index (χ1v) is 4.97. The van der Waals surface area contributed by atoms with Crippen molar-refractivity contribution < 1.29 is 9.53 Å². The average Bonchev–Trinajstić information content (AvgIpc) is 2.19. The zero-order valence-electron chi connectivity index (χ0n) is 7.36. The molecule has 0 spiro atoms. The van der Waals surface area contributed by atoms with Crippen LogP contribution in [-0.4, -0.2) is 28.8 Å². The van der Waals surface area contributed by atoms with Crippen molar-refractivity contribution in [2.45, 2.75) is 5.03 Å². The number of thioether (sulfide) groups is 1. The van der Waals surface area contributed by atoms with E-state index in [1.807, 2.05) is 0 Å². The first-order chi connectivity index (χ1) is 6.63. The number of carbonyl (C=O) groups is 1. The number of nitrogens with zero attached hydrogens (tertiary/aromatic N) is 2. The third kappa shape index (κ3) is 3.04. The van der Waals surface area contributed by atoms with Crippen LogP contribution in [-0.2, 0) is 9.53 Å². The molecule has 0 aliphatic rings. The maximum Gasteiger partial charge on any atom is 0.316 e. The molecule has 5 nitrogen and oxygen atoms in total. The van der Waals surface area contributed by atoms with Crippen molar-refractivity contribution in [2.75, 3.05) is 18.6 Å². The van der Waals surface area contributed by atoms with Gasteiger partial charge in [0.1, 0.15) is 5.03 Å². The van der Waals surface area contributed by atoms with Gasteiger partial charge in [-0.2, -0.15) is 0 Å². The average molecular weight is 234 g/mol. The minimum absolute atomic E-state index is 0.127. The predicted octanol–water partition coefficient (Wildman–Crippen LogP) is 0.977. The van der Waals surface area contributed by atoms with Crippen LogP contribution in [0.15, 0.2) is 11.2 Å². The van der Waals surface area contributed by atoms with Gasteiger partial charge in [-0.25, -0.2) is 9.97 Å². The van der Waals surface area contributed by atoms with Crippen LogP contribution >= 0.6 is 23.4 Å². The van der Waals surface area contributed by atoms with Crippen molar-refractivity contribution in [1.29, 1.82) is 0 Å². The Hall–Kier alpha value is -1.01. The van der Waals surface area contributed by atoms with Crippen LogP contribution < -0.4 is 5.73 Å². The van der Waals surface area contributed by atoms with Gasteiger partial charge in [0.2, 0.25) is 5.95 Å². The van der Waals surface area contributed by atoms with E-state index in [0.717, 1.165) is 11.8 Å². The van der Waals surface area contributed by atoms with Crippen molar-refractivity contribution in [3.8, 4) is 0 Å². The Labute approximate surface area is 90.0 Å². The molecule has 1 rings (SSSR count). The first-order valence-electron chi connectivity index (χ1n) is 3.61. The molecule has 0 amide bonds. The summed E-state index contributed by atoms with van der Waals surface area (Å²) in [5.41, 5.74) is 5.36. The topological polar surface area (TPSA) is 78.1 Å². The van der Waals surface area contributed by atoms with E-state index in [4.69, 9.17) is 17.3 Å². The highest BCUT2D eigenvalue weighted by atomic mass is 35.5. The third-order valence-electron chi connectivity index (χ3n) is 1.28. The first kappa shape index (κ1) is 11.1. The highest BCUT2D eigenvalue weighted by molar-refractivity contribution is 8.00. The Morgan fingerprint density at radius 2 is 2.50 bits per heavy atom. The van der Waals surface area contributed by atoms with Gasteiger partial charge in [-0.15, -0.1) is 0 Å². The standard InChI is InChI=1S/C7H8ClN3O2S/c1-13-5(12)3-14-6-4(8)2-10-7(9)11-6/h2H,3H2,1H3,(H2,9,10,11). The summed E-state index contributed by atoms with van der Waals surface area (Å²) in [7, 11) is 1.32. The molecular weight excluding hydrogens is 226 g/mol. The highest BCUT2D eigenvalue weighted by Crippen LogP contribution is 2.24. The monoisotopic (exact) mass is 233 g/mol. The van der Waals surface area contributed by atoms with Gasteiger partial charge in [0, 0.05) is 0 Å². The SMILES string of the molecule is COC(=O)CSc1nc(N)ncc1Cl. The number of methoxy groups -OCH3 is 1. The molecule has 2 N–H and O–H groups in total. The molecular formula is C7H8ClN3O2S. The lowest BCUT2D eigenvalue weighted by molar-refractivity contribution is -0.137. The van der Waals surface area contributed by atoms with E-state index in [1.54, 1.807) is 0 Å². The predicted molar refractivity (Wildman–Crippen MR) is 54.2 cm³/mol. The van der Waals surface area contributed by atoms with E-state index in [9.17, 15) is 4.79 Å². The van der Waals surface area contributed by atoms with Crippen LogP contribution in [0.4, 0.5) is 5.95 Å². The number of hydrogen-bond acceptors (Lipinski definition) is 6. The molecule has 14 heavy (non-hydrogen) atoms. The second-order valence-corrected chi connectivity index (χ2v) is 3.62. The van der Waals surface area contributed by atoms with Gasteiger partial charge in [0.25, 0.3) is 0 Å². The number of anilines is 1. The molecule has 1 aromatic rings. The largest absolute Gasteiger partial charge is 0.468 e. The van der Waals surface area contributed by atoms with Crippen LogP contribution in [0.25, 0.3) is 0 Å². The minimum atomic E-state index is -0.344.